The lowest BCUT2D eigenvalue weighted by molar-refractivity contribution is -0.121. The molecule has 0 spiro atoms. The number of amides is 2. The van der Waals surface area contributed by atoms with E-state index in [2.05, 4.69) is 20.0 Å². The quantitative estimate of drug-likeness (QED) is 0.570. The third kappa shape index (κ3) is 5.11. The van der Waals surface area contributed by atoms with E-state index in [1.54, 1.807) is 17.0 Å². The molecule has 0 radical (unpaired) electrons. The molecule has 2 aromatic heterocycles. The highest BCUT2D eigenvalue weighted by molar-refractivity contribution is 7.92. The third-order valence-electron chi connectivity index (χ3n) is 5.11. The SMILES string of the molecule is O=C(Nc1ccc(S(=O)(=O)Nc2ncccn2)cc1)C1CCN(C(=O)c2cccs2)CC1. The van der Waals surface area contributed by atoms with E-state index in [9.17, 15) is 18.0 Å². The molecule has 0 atom stereocenters. The molecule has 9 nitrogen and oxygen atoms in total. The second kappa shape index (κ2) is 9.45. The Balaban J connectivity index is 1.32. The fourth-order valence-electron chi connectivity index (χ4n) is 3.39. The maximum atomic E-state index is 12.6. The van der Waals surface area contributed by atoms with Crippen LogP contribution in [0.4, 0.5) is 11.6 Å². The Morgan fingerprint density at radius 2 is 1.69 bits per heavy atom. The van der Waals surface area contributed by atoms with Crippen LogP contribution in [0.1, 0.15) is 22.5 Å². The molecular weight excluding hydrogens is 450 g/mol. The van der Waals surface area contributed by atoms with Crippen LogP contribution in [0, 0.1) is 5.92 Å². The minimum atomic E-state index is -3.84. The third-order valence-corrected chi connectivity index (χ3v) is 7.31. The highest BCUT2D eigenvalue weighted by Crippen LogP contribution is 2.23. The van der Waals surface area contributed by atoms with Crippen molar-refractivity contribution in [3.63, 3.8) is 0 Å². The van der Waals surface area contributed by atoms with E-state index in [1.807, 2.05) is 11.4 Å². The van der Waals surface area contributed by atoms with Crippen LogP contribution in [0.2, 0.25) is 0 Å². The number of aromatic nitrogens is 2. The summed E-state index contributed by atoms with van der Waals surface area (Å²) < 4.78 is 27.2. The molecule has 4 rings (SSSR count). The summed E-state index contributed by atoms with van der Waals surface area (Å²) in [6.45, 7) is 1.05. The van der Waals surface area contributed by atoms with Gasteiger partial charge in [-0.2, -0.15) is 0 Å². The van der Waals surface area contributed by atoms with Crippen LogP contribution in [0.5, 0.6) is 0 Å². The summed E-state index contributed by atoms with van der Waals surface area (Å²) in [5.74, 6) is -0.360. The van der Waals surface area contributed by atoms with Crippen molar-refractivity contribution in [3.8, 4) is 0 Å². The van der Waals surface area contributed by atoms with Crippen molar-refractivity contribution in [1.82, 2.24) is 14.9 Å². The Morgan fingerprint density at radius 3 is 2.31 bits per heavy atom. The van der Waals surface area contributed by atoms with Crippen LogP contribution >= 0.6 is 11.3 Å². The number of likely N-dealkylation sites (tertiary alicyclic amines) is 1. The summed E-state index contributed by atoms with van der Waals surface area (Å²) in [7, 11) is -3.84. The van der Waals surface area contributed by atoms with Gasteiger partial charge in [0, 0.05) is 37.1 Å². The number of carbonyl (C=O) groups is 2. The van der Waals surface area contributed by atoms with Crippen LogP contribution in [-0.4, -0.2) is 48.2 Å². The first kappa shape index (κ1) is 21.9. The zero-order valence-corrected chi connectivity index (χ0v) is 18.6. The fraction of sp³-hybridized carbons (Fsp3) is 0.238. The van der Waals surface area contributed by atoms with Crippen molar-refractivity contribution < 1.29 is 18.0 Å². The average Bonchev–Trinajstić information content (AvgIpc) is 3.34. The van der Waals surface area contributed by atoms with E-state index in [1.165, 1.54) is 48.0 Å². The normalized spacial score (nSPS) is 14.7. The molecule has 1 fully saturated rings. The molecule has 3 heterocycles. The Kier molecular flexibility index (Phi) is 6.47. The molecule has 0 saturated carbocycles. The Labute approximate surface area is 189 Å². The lowest BCUT2D eigenvalue weighted by Crippen LogP contribution is -2.41. The van der Waals surface area contributed by atoms with E-state index in [-0.39, 0.29) is 28.6 Å². The van der Waals surface area contributed by atoms with Gasteiger partial charge in [0.15, 0.2) is 0 Å². The van der Waals surface area contributed by atoms with Gasteiger partial charge in [-0.1, -0.05) is 6.07 Å². The molecule has 1 aromatic carbocycles. The largest absolute Gasteiger partial charge is 0.338 e. The first-order valence-electron chi connectivity index (χ1n) is 9.96. The number of hydrogen-bond donors (Lipinski definition) is 2. The number of anilines is 2. The summed E-state index contributed by atoms with van der Waals surface area (Å²) in [5.41, 5.74) is 0.502. The molecule has 11 heteroatoms. The molecule has 166 valence electrons. The molecule has 1 aliphatic rings. The van der Waals surface area contributed by atoms with Gasteiger partial charge >= 0.3 is 0 Å². The van der Waals surface area contributed by atoms with E-state index in [4.69, 9.17) is 0 Å². The van der Waals surface area contributed by atoms with Crippen LogP contribution in [0.3, 0.4) is 0 Å². The van der Waals surface area contributed by atoms with E-state index < -0.39 is 10.0 Å². The van der Waals surface area contributed by atoms with Crippen molar-refractivity contribution in [2.45, 2.75) is 17.7 Å². The number of carbonyl (C=O) groups excluding carboxylic acids is 2. The molecule has 1 aliphatic heterocycles. The van der Waals surface area contributed by atoms with E-state index >= 15 is 0 Å². The van der Waals surface area contributed by atoms with Crippen LogP contribution in [0.25, 0.3) is 0 Å². The Bertz CT molecular complexity index is 1170. The molecule has 2 N–H and O–H groups in total. The van der Waals surface area contributed by atoms with Crippen molar-refractivity contribution in [2.24, 2.45) is 5.92 Å². The minimum absolute atomic E-state index is 0.00479. The summed E-state index contributed by atoms with van der Waals surface area (Å²) in [6, 6.07) is 11.1. The maximum Gasteiger partial charge on any atom is 0.264 e. The second-order valence-corrected chi connectivity index (χ2v) is 9.87. The van der Waals surface area contributed by atoms with Gasteiger partial charge in [-0.05, 0) is 54.6 Å². The zero-order valence-electron chi connectivity index (χ0n) is 17.0. The van der Waals surface area contributed by atoms with Crippen LogP contribution in [-0.2, 0) is 14.8 Å². The molecule has 2 amide bonds. The van der Waals surface area contributed by atoms with Gasteiger partial charge in [0.25, 0.3) is 15.9 Å². The Hall–Kier alpha value is -3.31. The number of nitrogens with one attached hydrogen (secondary N) is 2. The highest BCUT2D eigenvalue weighted by atomic mass is 32.2. The first-order valence-corrected chi connectivity index (χ1v) is 12.3. The molecule has 0 aliphatic carbocycles. The number of piperidine rings is 1. The summed E-state index contributed by atoms with van der Waals surface area (Å²) in [6.07, 6.45) is 4.03. The van der Waals surface area contributed by atoms with Gasteiger partial charge in [-0.25, -0.2) is 23.1 Å². The smallest absolute Gasteiger partial charge is 0.264 e. The topological polar surface area (TPSA) is 121 Å². The summed E-state index contributed by atoms with van der Waals surface area (Å²) in [5, 5.41) is 4.70. The van der Waals surface area contributed by atoms with Crippen molar-refractivity contribution >= 4 is 44.8 Å². The number of nitrogens with zero attached hydrogens (tertiary/aromatic N) is 3. The number of benzene rings is 1. The molecule has 0 bridgehead atoms. The Morgan fingerprint density at radius 1 is 1.00 bits per heavy atom. The minimum Gasteiger partial charge on any atom is -0.338 e. The highest BCUT2D eigenvalue weighted by Gasteiger charge is 2.28. The predicted octanol–water partition coefficient (Wildman–Crippen LogP) is 2.83. The maximum absolute atomic E-state index is 12.6. The van der Waals surface area contributed by atoms with Gasteiger partial charge in [-0.15, -0.1) is 11.3 Å². The van der Waals surface area contributed by atoms with Gasteiger partial charge in [0.2, 0.25) is 11.9 Å². The summed E-state index contributed by atoms with van der Waals surface area (Å²) >= 11 is 1.41. The van der Waals surface area contributed by atoms with Gasteiger partial charge < -0.3 is 10.2 Å². The number of rotatable bonds is 6. The molecular formula is C21H21N5O4S2. The van der Waals surface area contributed by atoms with E-state index in [0.717, 1.165) is 0 Å². The number of thiophene rings is 1. The molecule has 0 unspecified atom stereocenters. The van der Waals surface area contributed by atoms with Gasteiger partial charge in [0.1, 0.15) is 0 Å². The summed E-state index contributed by atoms with van der Waals surface area (Å²) in [4.78, 5) is 35.3. The van der Waals surface area contributed by atoms with Crippen LogP contribution < -0.4 is 10.0 Å². The predicted molar refractivity (Wildman–Crippen MR) is 121 cm³/mol. The van der Waals surface area contributed by atoms with Gasteiger partial charge in [-0.3, -0.25) is 9.59 Å². The second-order valence-electron chi connectivity index (χ2n) is 7.24. The zero-order chi connectivity index (χ0) is 22.6. The van der Waals surface area contributed by atoms with Crippen molar-refractivity contribution in [1.29, 1.82) is 0 Å². The monoisotopic (exact) mass is 471 g/mol. The lowest BCUT2D eigenvalue weighted by atomic mass is 9.95. The lowest BCUT2D eigenvalue weighted by Gasteiger charge is -2.31. The van der Waals surface area contributed by atoms with Crippen molar-refractivity contribution in [2.75, 3.05) is 23.1 Å². The number of hydrogen-bond acceptors (Lipinski definition) is 7. The van der Waals surface area contributed by atoms with Crippen LogP contribution in [0.15, 0.2) is 65.1 Å². The first-order chi connectivity index (χ1) is 15.4. The fourth-order valence-corrected chi connectivity index (χ4v) is 5.04. The van der Waals surface area contributed by atoms with Crippen molar-refractivity contribution in [3.05, 3.63) is 65.1 Å². The van der Waals surface area contributed by atoms with E-state index in [0.29, 0.717) is 36.5 Å². The molecule has 3 aromatic rings. The molecule has 1 saturated heterocycles. The average molecular weight is 472 g/mol. The number of sulfonamides is 1. The standard InChI is InChI=1S/C21H21N5O4S2/c27-19(15-8-12-26(13-9-15)20(28)18-3-1-14-31-18)24-16-4-6-17(7-5-16)32(29,30)25-21-22-10-2-11-23-21/h1-7,10-11,14-15H,8-9,12-13H2,(H,24,27)(H,22,23,25). The van der Waals surface area contributed by atoms with Gasteiger partial charge in [0.05, 0.1) is 9.77 Å². The molecule has 32 heavy (non-hydrogen) atoms.